The topological polar surface area (TPSA) is 483 Å². The molecular formula is C40H68N2O29. The van der Waals surface area contributed by atoms with Crippen molar-refractivity contribution in [2.45, 2.75) is 212 Å². The zero-order valence-electron chi connectivity index (χ0n) is 38.6. The summed E-state index contributed by atoms with van der Waals surface area (Å²) in [4.78, 5) is 25.4. The molecule has 6 aliphatic rings. The van der Waals surface area contributed by atoms with Crippen molar-refractivity contribution in [3.8, 4) is 0 Å². The third kappa shape index (κ3) is 12.4. The van der Waals surface area contributed by atoms with Gasteiger partial charge in [-0.15, -0.1) is 0 Å². The molecule has 71 heavy (non-hydrogen) atoms. The van der Waals surface area contributed by atoms with E-state index in [1.165, 1.54) is 13.8 Å². The quantitative estimate of drug-likeness (QED) is 0.0682. The van der Waals surface area contributed by atoms with Crippen LogP contribution in [0.25, 0.3) is 0 Å². The SMILES string of the molecule is CC(=O)N[C@H]1[C@@H](O[C@H]2[C@@H](O)[C@@H](CO)O[C@@H](O[C@H]3[C@H](O[C@@H]4O[C@@H](C)[C@@H](O)[C@@H](O)[C@@H]4O)[C@@H](NC(C)=O)[C@H](O[C@@H]4[C@@H](O)[C@H](O)O[C@H](CO)[C@@H]4O)O[C@@H]3CO)[C@@H]2O[C@@H]2O[C@@H](C)[C@@H](O)[C@@H](O)[C@@H]2O)O[C@H](CO)[C@H](O)[C@@H]1O. The fraction of sp³-hybridized carbons (Fsp3) is 0.950. The summed E-state index contributed by atoms with van der Waals surface area (Å²) in [5.74, 6) is -1.67. The highest BCUT2D eigenvalue weighted by molar-refractivity contribution is 5.73. The van der Waals surface area contributed by atoms with Crippen LogP contribution in [0.1, 0.15) is 27.7 Å². The van der Waals surface area contributed by atoms with Gasteiger partial charge in [0.2, 0.25) is 11.8 Å². The van der Waals surface area contributed by atoms with Crippen LogP contribution in [-0.4, -0.2) is 304 Å². The smallest absolute Gasteiger partial charge is 0.217 e. The molecule has 0 aromatic rings. The number of carbonyl (C=O) groups is 2. The Morgan fingerprint density at radius 3 is 1.28 bits per heavy atom. The van der Waals surface area contributed by atoms with E-state index in [0.29, 0.717) is 0 Å². The largest absolute Gasteiger partial charge is 0.394 e. The van der Waals surface area contributed by atoms with Gasteiger partial charge in [-0.25, -0.2) is 0 Å². The molecule has 6 aliphatic heterocycles. The highest BCUT2D eigenvalue weighted by atomic mass is 16.8. The van der Waals surface area contributed by atoms with Crippen molar-refractivity contribution in [2.24, 2.45) is 0 Å². The summed E-state index contributed by atoms with van der Waals surface area (Å²) in [5.41, 5.74) is 0. The third-order valence-corrected chi connectivity index (χ3v) is 13.2. The lowest BCUT2D eigenvalue weighted by Crippen LogP contribution is -2.72. The molecule has 18 N–H and O–H groups in total. The second-order valence-electron chi connectivity index (χ2n) is 18.2. The Morgan fingerprint density at radius 1 is 0.366 bits per heavy atom. The van der Waals surface area contributed by atoms with E-state index in [1.807, 2.05) is 0 Å². The van der Waals surface area contributed by atoms with Crippen LogP contribution < -0.4 is 10.6 Å². The van der Waals surface area contributed by atoms with Crippen LogP contribution >= 0.6 is 0 Å². The molecule has 6 fully saturated rings. The average molecular weight is 1040 g/mol. The van der Waals surface area contributed by atoms with Crippen LogP contribution in [0.2, 0.25) is 0 Å². The van der Waals surface area contributed by atoms with Crippen LogP contribution in [0.4, 0.5) is 0 Å². The Balaban J connectivity index is 1.46. The number of hydrogen-bond donors (Lipinski definition) is 18. The lowest BCUT2D eigenvalue weighted by Gasteiger charge is -2.52. The average Bonchev–Trinajstić information content (AvgIpc) is 3.33. The number of aliphatic hydroxyl groups excluding tert-OH is 16. The van der Waals surface area contributed by atoms with Gasteiger partial charge in [0, 0.05) is 13.8 Å². The van der Waals surface area contributed by atoms with E-state index in [1.54, 1.807) is 0 Å². The minimum atomic E-state index is -2.17. The number of amides is 2. The molecule has 0 unspecified atom stereocenters. The van der Waals surface area contributed by atoms with Gasteiger partial charge < -0.3 is 144 Å². The van der Waals surface area contributed by atoms with E-state index in [0.717, 1.165) is 13.8 Å². The lowest BCUT2D eigenvalue weighted by atomic mass is 9.93. The van der Waals surface area contributed by atoms with E-state index < -0.39 is 222 Å². The summed E-state index contributed by atoms with van der Waals surface area (Å²) >= 11 is 0. The van der Waals surface area contributed by atoms with Gasteiger partial charge in [0.05, 0.1) is 38.6 Å². The fourth-order valence-corrected chi connectivity index (χ4v) is 9.17. The summed E-state index contributed by atoms with van der Waals surface area (Å²) < 4.78 is 65.4. The van der Waals surface area contributed by atoms with Crippen LogP contribution in [0.3, 0.4) is 0 Å². The van der Waals surface area contributed by atoms with Gasteiger partial charge in [-0.2, -0.15) is 0 Å². The van der Waals surface area contributed by atoms with E-state index in [-0.39, 0.29) is 0 Å². The maximum Gasteiger partial charge on any atom is 0.217 e. The predicted molar refractivity (Wildman–Crippen MR) is 220 cm³/mol. The van der Waals surface area contributed by atoms with Gasteiger partial charge in [-0.05, 0) is 13.8 Å². The van der Waals surface area contributed by atoms with Crippen molar-refractivity contribution >= 4 is 11.8 Å². The molecule has 2 amide bonds. The highest BCUT2D eigenvalue weighted by Gasteiger charge is 2.59. The van der Waals surface area contributed by atoms with Gasteiger partial charge in [-0.3, -0.25) is 9.59 Å². The number of ether oxygens (including phenoxy) is 11. The van der Waals surface area contributed by atoms with E-state index >= 15 is 0 Å². The molecule has 0 aromatic carbocycles. The molecule has 0 spiro atoms. The van der Waals surface area contributed by atoms with Gasteiger partial charge in [0.15, 0.2) is 37.7 Å². The number of hydrogen-bond acceptors (Lipinski definition) is 29. The van der Waals surface area contributed by atoms with E-state index in [4.69, 9.17) is 52.1 Å². The molecular weight excluding hydrogens is 972 g/mol. The molecule has 0 aromatic heterocycles. The minimum Gasteiger partial charge on any atom is -0.394 e. The monoisotopic (exact) mass is 1040 g/mol. The van der Waals surface area contributed by atoms with Crippen molar-refractivity contribution in [1.29, 1.82) is 0 Å². The second kappa shape index (κ2) is 24.7. The molecule has 0 aliphatic carbocycles. The molecule has 412 valence electrons. The number of carbonyl (C=O) groups excluding carboxylic acids is 2. The Morgan fingerprint density at radius 2 is 0.761 bits per heavy atom. The van der Waals surface area contributed by atoms with Crippen LogP contribution in [0, 0.1) is 0 Å². The summed E-state index contributed by atoms with van der Waals surface area (Å²) in [6, 6.07) is -3.50. The first kappa shape index (κ1) is 58.1. The van der Waals surface area contributed by atoms with Crippen LogP contribution in [0.15, 0.2) is 0 Å². The van der Waals surface area contributed by atoms with E-state index in [9.17, 15) is 91.3 Å². The summed E-state index contributed by atoms with van der Waals surface area (Å²) in [5, 5.41) is 177. The van der Waals surface area contributed by atoms with Crippen molar-refractivity contribution in [3.05, 3.63) is 0 Å². The third-order valence-electron chi connectivity index (χ3n) is 13.2. The standard InChI is InChI=1S/C40H68N2O29/c1-9-19(49)25(55)27(57)38(61-9)68-31-18(42-12(4)48)37(69-32-22(52)14(6-44)63-35(60)29(32)59)66-16(8-46)30(31)67-40-34(71-39-28(58)26(56)20(50)10(2)62-39)33(23(53)15(7-45)65-40)70-36-17(41-11(3)47)24(54)21(51)13(5-43)64-36/h9-10,13-40,43-46,49-60H,5-8H2,1-4H3,(H,41,47)(H,42,48)/t9-,10-,13+,14+,15+,16+,17+,18+,19+,20+,21-,22-,23-,24+,25+,26+,27-,28-,29+,30+,31+,32-,33-,34+,35+,36+,37-,38-,39-,40-/m0/s1. The predicted octanol–water partition coefficient (Wildman–Crippen LogP) is -11.8. The van der Waals surface area contributed by atoms with Gasteiger partial charge in [0.1, 0.15) is 134 Å². The maximum absolute atomic E-state index is 13.0. The normalized spacial score (nSPS) is 50.8. The zero-order valence-corrected chi connectivity index (χ0v) is 38.6. The first-order chi connectivity index (χ1) is 33.5. The van der Waals surface area contributed by atoms with E-state index in [2.05, 4.69) is 10.6 Å². The Bertz CT molecular complexity index is 1710. The molecule has 6 heterocycles. The minimum absolute atomic E-state index is 0.793. The molecule has 31 heteroatoms. The van der Waals surface area contributed by atoms with Crippen molar-refractivity contribution in [3.63, 3.8) is 0 Å². The first-order valence-electron chi connectivity index (χ1n) is 22.8. The van der Waals surface area contributed by atoms with Gasteiger partial charge in [-0.1, -0.05) is 0 Å². The molecule has 0 radical (unpaired) electrons. The summed E-state index contributed by atoms with van der Waals surface area (Å²) in [6.45, 7) is 0.615. The molecule has 30 atom stereocenters. The first-order valence-corrected chi connectivity index (χ1v) is 22.8. The van der Waals surface area contributed by atoms with Crippen LogP contribution in [-0.2, 0) is 61.7 Å². The lowest BCUT2D eigenvalue weighted by molar-refractivity contribution is -0.408. The van der Waals surface area contributed by atoms with Crippen LogP contribution in [0.5, 0.6) is 0 Å². The van der Waals surface area contributed by atoms with Gasteiger partial charge >= 0.3 is 0 Å². The molecule has 0 saturated carbocycles. The Labute approximate surface area is 403 Å². The Hall–Kier alpha value is -2.14. The van der Waals surface area contributed by atoms with Crippen molar-refractivity contribution in [2.75, 3.05) is 26.4 Å². The fourth-order valence-electron chi connectivity index (χ4n) is 9.17. The Kier molecular flexibility index (Phi) is 20.2. The molecule has 6 rings (SSSR count). The van der Waals surface area contributed by atoms with Crippen molar-refractivity contribution in [1.82, 2.24) is 10.6 Å². The zero-order chi connectivity index (χ0) is 52.5. The summed E-state index contributed by atoms with van der Waals surface area (Å²) in [7, 11) is 0. The summed E-state index contributed by atoms with van der Waals surface area (Å²) in [6.07, 6.45) is -52.6. The maximum atomic E-state index is 13.0. The number of rotatable bonds is 16. The van der Waals surface area contributed by atoms with Gasteiger partial charge in [0.25, 0.3) is 0 Å². The molecule has 0 bridgehead atoms. The second-order valence-corrected chi connectivity index (χ2v) is 18.2. The molecule has 6 saturated heterocycles. The van der Waals surface area contributed by atoms with Crippen molar-refractivity contribution < 1.29 is 143 Å². The highest BCUT2D eigenvalue weighted by Crippen LogP contribution is 2.39. The molecule has 31 nitrogen and oxygen atoms in total. The number of aliphatic hydroxyl groups is 16. The number of nitrogens with one attached hydrogen (secondary N) is 2.